The minimum absolute atomic E-state index is 0.887. The molecule has 2 aromatic rings. The number of aryl methyl sites for hydroxylation is 1. The van der Waals surface area contributed by atoms with Gasteiger partial charge in [0.05, 0.1) is 5.69 Å². The predicted octanol–water partition coefficient (Wildman–Crippen LogP) is 2.64. The molecule has 0 spiro atoms. The Morgan fingerprint density at radius 2 is 2.31 bits per heavy atom. The Hall–Kier alpha value is -1.13. The van der Waals surface area contributed by atoms with Crippen LogP contribution in [0.25, 0.3) is 0 Å². The summed E-state index contributed by atoms with van der Waals surface area (Å²) in [5.74, 6) is 0. The van der Waals surface area contributed by atoms with Gasteiger partial charge in [-0.1, -0.05) is 13.0 Å². The van der Waals surface area contributed by atoms with E-state index >= 15 is 0 Å². The second kappa shape index (κ2) is 5.82. The first-order valence-electron chi connectivity index (χ1n) is 5.64. The minimum atomic E-state index is 0.887. The van der Waals surface area contributed by atoms with Crippen molar-refractivity contribution in [3.8, 4) is 0 Å². The second-order valence-corrected chi connectivity index (χ2v) is 4.76. The number of nitrogens with zero attached hydrogens (tertiary/aromatic N) is 2. The molecule has 0 aliphatic carbocycles. The molecule has 4 heteroatoms. The first-order valence-corrected chi connectivity index (χ1v) is 6.52. The zero-order chi connectivity index (χ0) is 11.2. The van der Waals surface area contributed by atoms with Gasteiger partial charge in [-0.25, -0.2) is 0 Å². The average molecular weight is 235 g/mol. The normalized spacial score (nSPS) is 10.8. The third kappa shape index (κ3) is 2.93. The van der Waals surface area contributed by atoms with Gasteiger partial charge >= 0.3 is 0 Å². The van der Waals surface area contributed by atoms with Gasteiger partial charge in [0.15, 0.2) is 0 Å². The zero-order valence-electron chi connectivity index (χ0n) is 9.52. The summed E-state index contributed by atoms with van der Waals surface area (Å²) in [7, 11) is 0. The van der Waals surface area contributed by atoms with Crippen molar-refractivity contribution in [3.63, 3.8) is 0 Å². The highest BCUT2D eigenvalue weighted by Crippen LogP contribution is 2.08. The molecule has 0 radical (unpaired) electrons. The lowest BCUT2D eigenvalue weighted by atomic mass is 10.4. The van der Waals surface area contributed by atoms with E-state index < -0.39 is 0 Å². The summed E-state index contributed by atoms with van der Waals surface area (Å²) in [5, 5.41) is 9.85. The van der Waals surface area contributed by atoms with Gasteiger partial charge in [0.1, 0.15) is 0 Å². The number of aromatic nitrogens is 2. The second-order valence-electron chi connectivity index (χ2n) is 3.73. The minimum Gasteiger partial charge on any atom is -0.306 e. The largest absolute Gasteiger partial charge is 0.306 e. The molecule has 2 aromatic heterocycles. The van der Waals surface area contributed by atoms with Crippen LogP contribution in [0.15, 0.2) is 29.8 Å². The fraction of sp³-hybridized carbons (Fsp3) is 0.417. The van der Waals surface area contributed by atoms with Crippen molar-refractivity contribution in [2.45, 2.75) is 33.0 Å². The molecule has 0 fully saturated rings. The maximum atomic E-state index is 4.30. The summed E-state index contributed by atoms with van der Waals surface area (Å²) in [6, 6.07) is 6.32. The van der Waals surface area contributed by atoms with Crippen molar-refractivity contribution in [2.75, 3.05) is 0 Å². The number of nitrogens with one attached hydrogen (secondary N) is 1. The maximum absolute atomic E-state index is 4.30. The standard InChI is InChI=1S/C12H17N3S/c1-2-7-15-11(5-6-14-15)9-13-10-12-4-3-8-16-12/h3-6,8,13H,2,7,9-10H2,1H3. The summed E-state index contributed by atoms with van der Waals surface area (Å²) in [6.07, 6.45) is 3.00. The van der Waals surface area contributed by atoms with Crippen LogP contribution in [0, 0.1) is 0 Å². The first-order chi connectivity index (χ1) is 7.90. The van der Waals surface area contributed by atoms with E-state index in [4.69, 9.17) is 0 Å². The molecule has 0 aromatic carbocycles. The Labute approximate surface area is 100 Å². The van der Waals surface area contributed by atoms with Crippen LogP contribution < -0.4 is 5.32 Å². The fourth-order valence-corrected chi connectivity index (χ4v) is 2.32. The number of hydrogen-bond acceptors (Lipinski definition) is 3. The van der Waals surface area contributed by atoms with Crippen LogP contribution in [0.2, 0.25) is 0 Å². The van der Waals surface area contributed by atoms with E-state index in [0.717, 1.165) is 26.1 Å². The van der Waals surface area contributed by atoms with Crippen LogP contribution in [0.5, 0.6) is 0 Å². The Morgan fingerprint density at radius 1 is 1.38 bits per heavy atom. The molecular weight excluding hydrogens is 218 g/mol. The van der Waals surface area contributed by atoms with Crippen molar-refractivity contribution in [2.24, 2.45) is 0 Å². The maximum Gasteiger partial charge on any atom is 0.0522 e. The Morgan fingerprint density at radius 3 is 3.06 bits per heavy atom. The Bertz CT molecular complexity index is 406. The van der Waals surface area contributed by atoms with Crippen LogP contribution in [0.3, 0.4) is 0 Å². The van der Waals surface area contributed by atoms with Gasteiger partial charge < -0.3 is 5.32 Å². The number of rotatable bonds is 6. The molecule has 0 saturated heterocycles. The lowest BCUT2D eigenvalue weighted by Crippen LogP contribution is -2.15. The molecule has 0 atom stereocenters. The quantitative estimate of drug-likeness (QED) is 0.834. The van der Waals surface area contributed by atoms with Gasteiger partial charge in [0.2, 0.25) is 0 Å². The van der Waals surface area contributed by atoms with Gasteiger partial charge in [-0.15, -0.1) is 11.3 Å². The number of hydrogen-bond donors (Lipinski definition) is 1. The van der Waals surface area contributed by atoms with Gasteiger partial charge in [0.25, 0.3) is 0 Å². The molecule has 0 aliphatic rings. The summed E-state index contributed by atoms with van der Waals surface area (Å²) >= 11 is 1.79. The van der Waals surface area contributed by atoms with E-state index in [2.05, 4.69) is 45.6 Å². The topological polar surface area (TPSA) is 29.9 Å². The van der Waals surface area contributed by atoms with E-state index in [1.165, 1.54) is 10.6 Å². The lowest BCUT2D eigenvalue weighted by molar-refractivity contribution is 0.550. The lowest BCUT2D eigenvalue weighted by Gasteiger charge is -2.06. The molecule has 1 N–H and O–H groups in total. The van der Waals surface area contributed by atoms with Gasteiger partial charge in [-0.3, -0.25) is 4.68 Å². The van der Waals surface area contributed by atoms with Crippen LogP contribution in [-0.4, -0.2) is 9.78 Å². The molecule has 0 bridgehead atoms. The Balaban J connectivity index is 1.82. The van der Waals surface area contributed by atoms with E-state index in [1.807, 2.05) is 6.20 Å². The molecule has 0 aliphatic heterocycles. The molecule has 0 unspecified atom stereocenters. The summed E-state index contributed by atoms with van der Waals surface area (Å²) < 4.78 is 2.07. The molecule has 3 nitrogen and oxygen atoms in total. The third-order valence-electron chi connectivity index (χ3n) is 2.43. The molecule has 2 rings (SSSR count). The van der Waals surface area contributed by atoms with Crippen molar-refractivity contribution >= 4 is 11.3 Å². The van der Waals surface area contributed by atoms with Gasteiger partial charge in [0, 0.05) is 30.7 Å². The highest BCUT2D eigenvalue weighted by molar-refractivity contribution is 7.09. The smallest absolute Gasteiger partial charge is 0.0522 e. The van der Waals surface area contributed by atoms with Crippen molar-refractivity contribution in [3.05, 3.63) is 40.3 Å². The zero-order valence-corrected chi connectivity index (χ0v) is 10.3. The van der Waals surface area contributed by atoms with Crippen LogP contribution in [-0.2, 0) is 19.6 Å². The van der Waals surface area contributed by atoms with Crippen molar-refractivity contribution in [1.29, 1.82) is 0 Å². The molecular formula is C12H17N3S. The van der Waals surface area contributed by atoms with Crippen LogP contribution in [0.4, 0.5) is 0 Å². The highest BCUT2D eigenvalue weighted by Gasteiger charge is 2.01. The van der Waals surface area contributed by atoms with Crippen molar-refractivity contribution in [1.82, 2.24) is 15.1 Å². The van der Waals surface area contributed by atoms with Gasteiger partial charge in [-0.05, 0) is 23.9 Å². The van der Waals surface area contributed by atoms with Crippen LogP contribution in [0.1, 0.15) is 23.9 Å². The van der Waals surface area contributed by atoms with E-state index in [1.54, 1.807) is 11.3 Å². The van der Waals surface area contributed by atoms with E-state index in [0.29, 0.717) is 0 Å². The summed E-state index contributed by atoms with van der Waals surface area (Å²) in [4.78, 5) is 1.38. The molecule has 0 amide bonds. The van der Waals surface area contributed by atoms with E-state index in [-0.39, 0.29) is 0 Å². The first kappa shape index (κ1) is 11.4. The van der Waals surface area contributed by atoms with Crippen molar-refractivity contribution < 1.29 is 0 Å². The highest BCUT2D eigenvalue weighted by atomic mass is 32.1. The predicted molar refractivity (Wildman–Crippen MR) is 67.4 cm³/mol. The molecule has 86 valence electrons. The SMILES string of the molecule is CCCn1nccc1CNCc1cccs1. The number of thiophene rings is 1. The average Bonchev–Trinajstić information content (AvgIpc) is 2.91. The third-order valence-corrected chi connectivity index (χ3v) is 3.30. The van der Waals surface area contributed by atoms with Crippen LogP contribution >= 0.6 is 11.3 Å². The van der Waals surface area contributed by atoms with Gasteiger partial charge in [-0.2, -0.15) is 5.10 Å². The molecule has 16 heavy (non-hydrogen) atoms. The Kier molecular flexibility index (Phi) is 4.13. The molecule has 2 heterocycles. The summed E-state index contributed by atoms with van der Waals surface area (Å²) in [6.45, 7) is 5.00. The molecule has 0 saturated carbocycles. The fourth-order valence-electron chi connectivity index (χ4n) is 1.65. The monoisotopic (exact) mass is 235 g/mol. The summed E-state index contributed by atoms with van der Waals surface area (Å²) in [5.41, 5.74) is 1.26. The van der Waals surface area contributed by atoms with E-state index in [9.17, 15) is 0 Å².